The standard InChI is InChI=1S/C23H20FN3O2S/c1-2-27(14-16-7-5-8-17(24)13-16)22(28)21-19(15-30-23-25-11-6-12-26-23)18-9-3-4-10-20(18)29-21/h3-13H,2,14-15H2,1H3. The average molecular weight is 421 g/mol. The number of hydrogen-bond donors (Lipinski definition) is 0. The van der Waals surface area contributed by atoms with E-state index in [2.05, 4.69) is 9.97 Å². The van der Waals surface area contributed by atoms with Gasteiger partial charge in [0.1, 0.15) is 11.4 Å². The first kappa shape index (κ1) is 20.1. The van der Waals surface area contributed by atoms with Gasteiger partial charge >= 0.3 is 0 Å². The number of nitrogens with zero attached hydrogens (tertiary/aromatic N) is 3. The van der Waals surface area contributed by atoms with Crippen molar-refractivity contribution in [2.45, 2.75) is 24.4 Å². The second kappa shape index (κ2) is 9.09. The molecule has 0 aliphatic heterocycles. The van der Waals surface area contributed by atoms with Crippen molar-refractivity contribution in [3.63, 3.8) is 0 Å². The van der Waals surface area contributed by atoms with E-state index in [9.17, 15) is 9.18 Å². The van der Waals surface area contributed by atoms with Gasteiger partial charge in [0, 0.05) is 42.2 Å². The summed E-state index contributed by atoms with van der Waals surface area (Å²) >= 11 is 1.45. The number of hydrogen-bond acceptors (Lipinski definition) is 5. The summed E-state index contributed by atoms with van der Waals surface area (Å²) in [6.45, 7) is 2.67. The molecule has 0 saturated carbocycles. The smallest absolute Gasteiger partial charge is 0.290 e. The highest BCUT2D eigenvalue weighted by molar-refractivity contribution is 7.98. The van der Waals surface area contributed by atoms with Crippen LogP contribution >= 0.6 is 11.8 Å². The minimum atomic E-state index is -0.320. The van der Waals surface area contributed by atoms with E-state index in [4.69, 9.17) is 4.42 Å². The third-order valence-electron chi connectivity index (χ3n) is 4.71. The summed E-state index contributed by atoms with van der Waals surface area (Å²) in [6.07, 6.45) is 3.37. The predicted molar refractivity (Wildman–Crippen MR) is 115 cm³/mol. The molecule has 0 radical (unpaired) electrons. The third kappa shape index (κ3) is 4.36. The third-order valence-corrected chi connectivity index (χ3v) is 5.61. The fraction of sp³-hybridized carbons (Fsp3) is 0.174. The van der Waals surface area contributed by atoms with E-state index in [0.717, 1.165) is 16.5 Å². The molecule has 4 rings (SSSR count). The van der Waals surface area contributed by atoms with Crippen LogP contribution in [0.25, 0.3) is 11.0 Å². The van der Waals surface area contributed by atoms with Crippen LogP contribution in [0, 0.1) is 5.82 Å². The molecule has 2 heterocycles. The van der Waals surface area contributed by atoms with Crippen LogP contribution in [-0.4, -0.2) is 27.3 Å². The molecule has 0 spiro atoms. The van der Waals surface area contributed by atoms with Gasteiger partial charge in [0.2, 0.25) is 0 Å². The zero-order chi connectivity index (χ0) is 20.9. The second-order valence-electron chi connectivity index (χ2n) is 6.68. The van der Waals surface area contributed by atoms with Crippen molar-refractivity contribution in [1.82, 2.24) is 14.9 Å². The number of aromatic nitrogens is 2. The molecule has 152 valence electrons. The molecule has 0 bridgehead atoms. The molecular weight excluding hydrogens is 401 g/mol. The van der Waals surface area contributed by atoms with E-state index in [-0.39, 0.29) is 11.7 Å². The van der Waals surface area contributed by atoms with E-state index in [1.807, 2.05) is 31.2 Å². The van der Waals surface area contributed by atoms with Gasteiger partial charge in [-0.3, -0.25) is 4.79 Å². The van der Waals surface area contributed by atoms with Gasteiger partial charge < -0.3 is 9.32 Å². The van der Waals surface area contributed by atoms with E-state index in [1.165, 1.54) is 23.9 Å². The fourth-order valence-electron chi connectivity index (χ4n) is 3.24. The topological polar surface area (TPSA) is 59.2 Å². The minimum Gasteiger partial charge on any atom is -0.451 e. The average Bonchev–Trinajstić information content (AvgIpc) is 3.15. The Balaban J connectivity index is 1.65. The molecule has 7 heteroatoms. The molecule has 0 unspecified atom stereocenters. The number of amides is 1. The van der Waals surface area contributed by atoms with Gasteiger partial charge in [0.15, 0.2) is 10.9 Å². The van der Waals surface area contributed by atoms with Crippen molar-refractivity contribution in [1.29, 1.82) is 0 Å². The van der Waals surface area contributed by atoms with E-state index < -0.39 is 0 Å². The molecule has 0 aliphatic rings. The lowest BCUT2D eigenvalue weighted by Gasteiger charge is -2.20. The molecule has 2 aromatic carbocycles. The molecule has 0 aliphatic carbocycles. The van der Waals surface area contributed by atoms with Gasteiger partial charge in [-0.05, 0) is 36.8 Å². The molecule has 0 fully saturated rings. The maximum atomic E-state index is 13.6. The van der Waals surface area contributed by atoms with Gasteiger partial charge in [-0.25, -0.2) is 14.4 Å². The largest absolute Gasteiger partial charge is 0.451 e. The summed E-state index contributed by atoms with van der Waals surface area (Å²) in [5.74, 6) is 0.264. The Bertz CT molecular complexity index is 1160. The van der Waals surface area contributed by atoms with Gasteiger partial charge in [-0.2, -0.15) is 0 Å². The monoisotopic (exact) mass is 421 g/mol. The van der Waals surface area contributed by atoms with Gasteiger partial charge in [-0.1, -0.05) is 42.1 Å². The Labute approximate surface area is 177 Å². The zero-order valence-electron chi connectivity index (χ0n) is 16.4. The molecule has 0 atom stereocenters. The lowest BCUT2D eigenvalue weighted by atomic mass is 10.1. The summed E-state index contributed by atoms with van der Waals surface area (Å²) in [7, 11) is 0. The molecule has 5 nitrogen and oxygen atoms in total. The number of rotatable bonds is 7. The first-order chi connectivity index (χ1) is 14.7. The highest BCUT2D eigenvalue weighted by atomic mass is 32.2. The van der Waals surface area contributed by atoms with Crippen LogP contribution in [0.15, 0.2) is 76.6 Å². The lowest BCUT2D eigenvalue weighted by molar-refractivity contribution is 0.0721. The Kier molecular flexibility index (Phi) is 6.09. The Morgan fingerprint density at radius 2 is 1.90 bits per heavy atom. The van der Waals surface area contributed by atoms with Crippen LogP contribution in [0.5, 0.6) is 0 Å². The summed E-state index contributed by atoms with van der Waals surface area (Å²) in [5, 5.41) is 1.53. The maximum absolute atomic E-state index is 13.6. The van der Waals surface area contributed by atoms with Crippen LogP contribution in [0.1, 0.15) is 28.6 Å². The predicted octanol–water partition coefficient (Wildman–Crippen LogP) is 5.32. The number of benzene rings is 2. The van der Waals surface area contributed by atoms with Gasteiger partial charge in [-0.15, -0.1) is 0 Å². The highest BCUT2D eigenvalue weighted by Crippen LogP contribution is 2.32. The molecule has 30 heavy (non-hydrogen) atoms. The zero-order valence-corrected chi connectivity index (χ0v) is 17.2. The number of thioether (sulfide) groups is 1. The Hall–Kier alpha value is -3.19. The molecular formula is C23H20FN3O2S. The van der Waals surface area contributed by atoms with E-state index in [0.29, 0.717) is 35.3 Å². The van der Waals surface area contributed by atoms with Gasteiger partial charge in [0.05, 0.1) is 0 Å². The lowest BCUT2D eigenvalue weighted by Crippen LogP contribution is -2.30. The van der Waals surface area contributed by atoms with Gasteiger partial charge in [0.25, 0.3) is 5.91 Å². The number of fused-ring (bicyclic) bond motifs is 1. The first-order valence-electron chi connectivity index (χ1n) is 9.59. The minimum absolute atomic E-state index is 0.220. The summed E-state index contributed by atoms with van der Waals surface area (Å²) in [5.41, 5.74) is 2.20. The van der Waals surface area contributed by atoms with E-state index >= 15 is 0 Å². The van der Waals surface area contributed by atoms with Crippen LogP contribution < -0.4 is 0 Å². The van der Waals surface area contributed by atoms with Crippen molar-refractivity contribution in [2.75, 3.05) is 6.54 Å². The van der Waals surface area contributed by atoms with E-state index in [1.54, 1.807) is 35.5 Å². The van der Waals surface area contributed by atoms with Crippen molar-refractivity contribution in [3.8, 4) is 0 Å². The SMILES string of the molecule is CCN(Cc1cccc(F)c1)C(=O)c1oc2ccccc2c1CSc1ncccn1. The van der Waals surface area contributed by atoms with Crippen molar-refractivity contribution < 1.29 is 13.6 Å². The van der Waals surface area contributed by atoms with Crippen LogP contribution in [0.4, 0.5) is 4.39 Å². The number of halogens is 1. The summed E-state index contributed by atoms with van der Waals surface area (Å²) in [4.78, 5) is 23.5. The Morgan fingerprint density at radius 1 is 1.10 bits per heavy atom. The van der Waals surface area contributed by atoms with Crippen LogP contribution in [0.3, 0.4) is 0 Å². The first-order valence-corrected chi connectivity index (χ1v) is 10.6. The normalized spacial score (nSPS) is 11.0. The number of carbonyl (C=O) groups is 1. The van der Waals surface area contributed by atoms with Crippen molar-refractivity contribution in [2.24, 2.45) is 0 Å². The molecule has 4 aromatic rings. The van der Waals surface area contributed by atoms with Crippen molar-refractivity contribution >= 4 is 28.6 Å². The number of furan rings is 1. The second-order valence-corrected chi connectivity index (χ2v) is 7.62. The molecule has 0 saturated heterocycles. The quantitative estimate of drug-likeness (QED) is 0.299. The fourth-order valence-corrected chi connectivity index (χ4v) is 4.07. The van der Waals surface area contributed by atoms with Crippen LogP contribution in [0.2, 0.25) is 0 Å². The molecule has 2 aromatic heterocycles. The summed E-state index contributed by atoms with van der Waals surface area (Å²) < 4.78 is 19.5. The highest BCUT2D eigenvalue weighted by Gasteiger charge is 2.25. The Morgan fingerprint density at radius 3 is 2.67 bits per heavy atom. The maximum Gasteiger partial charge on any atom is 0.290 e. The van der Waals surface area contributed by atoms with Crippen molar-refractivity contribution in [3.05, 3.63) is 89.7 Å². The molecule has 1 amide bonds. The molecule has 0 N–H and O–H groups in total. The number of carbonyl (C=O) groups excluding carboxylic acids is 1. The number of para-hydroxylation sites is 1. The van der Waals surface area contributed by atoms with Crippen LogP contribution in [-0.2, 0) is 12.3 Å². The summed E-state index contributed by atoms with van der Waals surface area (Å²) in [6, 6.07) is 15.6.